The first-order valence-corrected chi connectivity index (χ1v) is 6.83. The molecule has 2 heterocycles. The molecular formula is C14H18ClFN4O. The molecule has 1 saturated heterocycles. The van der Waals surface area contributed by atoms with Crippen LogP contribution in [-0.2, 0) is 6.54 Å². The first-order chi connectivity index (χ1) is 9.83. The summed E-state index contributed by atoms with van der Waals surface area (Å²) in [6.07, 6.45) is 1.11. The lowest BCUT2D eigenvalue weighted by Crippen LogP contribution is -2.27. The molecule has 21 heavy (non-hydrogen) atoms. The number of hydrogen-bond donors (Lipinski definition) is 1. The monoisotopic (exact) mass is 312 g/mol. The van der Waals surface area contributed by atoms with Gasteiger partial charge in [0.2, 0.25) is 11.7 Å². The van der Waals surface area contributed by atoms with Crippen LogP contribution in [0.5, 0.6) is 0 Å². The van der Waals surface area contributed by atoms with Crippen molar-refractivity contribution in [2.45, 2.75) is 13.0 Å². The molecule has 0 bridgehead atoms. The third-order valence-electron chi connectivity index (χ3n) is 3.37. The van der Waals surface area contributed by atoms with E-state index >= 15 is 0 Å². The number of halogens is 2. The fourth-order valence-corrected chi connectivity index (χ4v) is 2.32. The Morgan fingerprint density at radius 2 is 2.10 bits per heavy atom. The Morgan fingerprint density at radius 3 is 2.95 bits per heavy atom. The van der Waals surface area contributed by atoms with Crippen molar-refractivity contribution in [3.05, 3.63) is 36.0 Å². The maximum Gasteiger partial charge on any atom is 0.241 e. The largest absolute Gasteiger partial charge is 0.338 e. The molecule has 1 aromatic heterocycles. The van der Waals surface area contributed by atoms with Gasteiger partial charge in [0.1, 0.15) is 5.82 Å². The van der Waals surface area contributed by atoms with Crippen molar-refractivity contribution in [1.82, 2.24) is 20.4 Å². The van der Waals surface area contributed by atoms with Crippen molar-refractivity contribution in [3.63, 3.8) is 0 Å². The second-order valence-corrected chi connectivity index (χ2v) is 4.87. The third-order valence-corrected chi connectivity index (χ3v) is 3.37. The van der Waals surface area contributed by atoms with Gasteiger partial charge in [-0.1, -0.05) is 17.3 Å². The van der Waals surface area contributed by atoms with Crippen LogP contribution in [0.1, 0.15) is 12.3 Å². The van der Waals surface area contributed by atoms with E-state index in [-0.39, 0.29) is 18.2 Å². The van der Waals surface area contributed by atoms with Gasteiger partial charge in [-0.2, -0.15) is 4.98 Å². The van der Waals surface area contributed by atoms with Crippen LogP contribution in [0, 0.1) is 5.82 Å². The van der Waals surface area contributed by atoms with Crippen LogP contribution in [0.2, 0.25) is 0 Å². The van der Waals surface area contributed by atoms with Gasteiger partial charge in [-0.25, -0.2) is 4.39 Å². The Balaban J connectivity index is 0.00000161. The van der Waals surface area contributed by atoms with Crippen LogP contribution in [0.4, 0.5) is 4.39 Å². The first-order valence-electron chi connectivity index (χ1n) is 6.83. The summed E-state index contributed by atoms with van der Waals surface area (Å²) in [5, 5.41) is 7.21. The Kier molecular flexibility index (Phi) is 5.67. The van der Waals surface area contributed by atoms with E-state index in [0.717, 1.165) is 32.6 Å². The van der Waals surface area contributed by atoms with Crippen molar-refractivity contribution >= 4 is 12.4 Å². The van der Waals surface area contributed by atoms with E-state index in [1.807, 2.05) is 0 Å². The Bertz CT molecular complexity index is 570. The van der Waals surface area contributed by atoms with Gasteiger partial charge in [0, 0.05) is 13.1 Å². The maximum absolute atomic E-state index is 13.7. The third kappa shape index (κ3) is 4.00. The smallest absolute Gasteiger partial charge is 0.241 e. The molecule has 114 valence electrons. The minimum Gasteiger partial charge on any atom is -0.338 e. The molecule has 0 unspecified atom stereocenters. The molecule has 7 heteroatoms. The lowest BCUT2D eigenvalue weighted by atomic mass is 10.2. The van der Waals surface area contributed by atoms with Gasteiger partial charge < -0.3 is 9.84 Å². The average Bonchev–Trinajstić information content (AvgIpc) is 2.75. The molecule has 5 nitrogen and oxygen atoms in total. The molecule has 0 aliphatic carbocycles. The average molecular weight is 313 g/mol. The summed E-state index contributed by atoms with van der Waals surface area (Å²) in [4.78, 5) is 6.55. The lowest BCUT2D eigenvalue weighted by molar-refractivity contribution is 0.239. The van der Waals surface area contributed by atoms with Crippen molar-refractivity contribution in [1.29, 1.82) is 0 Å². The summed E-state index contributed by atoms with van der Waals surface area (Å²) in [6.45, 7) is 4.58. The summed E-state index contributed by atoms with van der Waals surface area (Å²) < 4.78 is 18.9. The maximum atomic E-state index is 13.7. The zero-order valence-corrected chi connectivity index (χ0v) is 12.4. The van der Waals surface area contributed by atoms with Crippen LogP contribution in [0.3, 0.4) is 0 Å². The molecule has 1 aromatic carbocycles. The van der Waals surface area contributed by atoms with E-state index in [9.17, 15) is 4.39 Å². The number of nitrogens with one attached hydrogen (secondary N) is 1. The topological polar surface area (TPSA) is 54.2 Å². The minimum absolute atomic E-state index is 0. The van der Waals surface area contributed by atoms with Gasteiger partial charge in [0.25, 0.3) is 0 Å². The van der Waals surface area contributed by atoms with E-state index < -0.39 is 0 Å². The lowest BCUT2D eigenvalue weighted by Gasteiger charge is -2.16. The highest BCUT2D eigenvalue weighted by Gasteiger charge is 2.15. The summed E-state index contributed by atoms with van der Waals surface area (Å²) >= 11 is 0. The quantitative estimate of drug-likeness (QED) is 0.940. The zero-order valence-electron chi connectivity index (χ0n) is 11.6. The van der Waals surface area contributed by atoms with Crippen LogP contribution in [0.15, 0.2) is 28.8 Å². The molecule has 1 fully saturated rings. The second kappa shape index (κ2) is 7.49. The van der Waals surface area contributed by atoms with E-state index in [0.29, 0.717) is 23.8 Å². The normalized spacial score (nSPS) is 16.2. The molecule has 0 spiro atoms. The molecule has 1 aliphatic rings. The van der Waals surface area contributed by atoms with Crippen LogP contribution in [-0.4, -0.2) is 41.2 Å². The highest BCUT2D eigenvalue weighted by Crippen LogP contribution is 2.19. The molecule has 1 N–H and O–H groups in total. The standard InChI is InChI=1S/C14H17FN4O.ClH/c15-12-5-2-1-4-11(12)14-17-13(20-18-14)10-19-8-3-6-16-7-9-19;/h1-2,4-5,16H,3,6-10H2;1H. The van der Waals surface area contributed by atoms with Crippen molar-refractivity contribution < 1.29 is 8.91 Å². The van der Waals surface area contributed by atoms with Crippen LogP contribution < -0.4 is 5.32 Å². The van der Waals surface area contributed by atoms with Crippen molar-refractivity contribution in [2.75, 3.05) is 26.2 Å². The molecule has 0 saturated carbocycles. The summed E-state index contributed by atoms with van der Waals surface area (Å²) in [5.41, 5.74) is 0.375. The van der Waals surface area contributed by atoms with Crippen molar-refractivity contribution in [3.8, 4) is 11.4 Å². The van der Waals surface area contributed by atoms with Gasteiger partial charge in [-0.3, -0.25) is 4.90 Å². The number of hydrogen-bond acceptors (Lipinski definition) is 5. The van der Waals surface area contributed by atoms with Crippen LogP contribution >= 0.6 is 12.4 Å². The summed E-state index contributed by atoms with van der Waals surface area (Å²) in [6, 6.07) is 6.45. The fraction of sp³-hybridized carbons (Fsp3) is 0.429. The Morgan fingerprint density at radius 1 is 1.24 bits per heavy atom. The Hall–Kier alpha value is -1.50. The van der Waals surface area contributed by atoms with Gasteiger partial charge in [-0.15, -0.1) is 12.4 Å². The highest BCUT2D eigenvalue weighted by atomic mass is 35.5. The minimum atomic E-state index is -0.334. The molecule has 0 radical (unpaired) electrons. The predicted octanol–water partition coefficient (Wildman–Crippen LogP) is 2.09. The van der Waals surface area contributed by atoms with Crippen LogP contribution in [0.25, 0.3) is 11.4 Å². The SMILES string of the molecule is Cl.Fc1ccccc1-c1noc(CN2CCCNCC2)n1. The van der Waals surface area contributed by atoms with E-state index in [4.69, 9.17) is 4.52 Å². The number of benzene rings is 1. The van der Waals surface area contributed by atoms with E-state index in [1.165, 1.54) is 6.07 Å². The van der Waals surface area contributed by atoms with Gasteiger partial charge in [0.15, 0.2) is 0 Å². The van der Waals surface area contributed by atoms with E-state index in [2.05, 4.69) is 20.4 Å². The molecule has 2 aromatic rings. The number of nitrogens with zero attached hydrogens (tertiary/aromatic N) is 3. The number of aromatic nitrogens is 2. The fourth-order valence-electron chi connectivity index (χ4n) is 2.32. The Labute approximate surface area is 128 Å². The number of rotatable bonds is 3. The second-order valence-electron chi connectivity index (χ2n) is 4.87. The molecule has 0 atom stereocenters. The van der Waals surface area contributed by atoms with Gasteiger partial charge in [-0.05, 0) is 31.6 Å². The van der Waals surface area contributed by atoms with Gasteiger partial charge >= 0.3 is 0 Å². The van der Waals surface area contributed by atoms with Gasteiger partial charge in [0.05, 0.1) is 12.1 Å². The zero-order chi connectivity index (χ0) is 13.8. The van der Waals surface area contributed by atoms with Crippen molar-refractivity contribution in [2.24, 2.45) is 0 Å². The molecule has 1 aliphatic heterocycles. The summed E-state index contributed by atoms with van der Waals surface area (Å²) in [7, 11) is 0. The molecular weight excluding hydrogens is 295 g/mol. The summed E-state index contributed by atoms with van der Waals surface area (Å²) in [5.74, 6) is 0.509. The first kappa shape index (κ1) is 15.9. The highest BCUT2D eigenvalue weighted by molar-refractivity contribution is 5.85. The van der Waals surface area contributed by atoms with E-state index in [1.54, 1.807) is 18.2 Å². The molecule has 3 rings (SSSR count). The predicted molar refractivity (Wildman–Crippen MR) is 79.7 cm³/mol. The molecule has 0 amide bonds.